The zero-order valence-electron chi connectivity index (χ0n) is 7.63. The third-order valence-electron chi connectivity index (χ3n) is 2.36. The molecule has 0 saturated heterocycles. The van der Waals surface area contributed by atoms with Crippen LogP contribution in [0.15, 0.2) is 5.38 Å². The molecule has 1 aliphatic carbocycles. The molecule has 1 heterocycles. The maximum atomic E-state index is 2.39. The highest BCUT2D eigenvalue weighted by molar-refractivity contribution is 7.07. The van der Waals surface area contributed by atoms with E-state index < -0.39 is 0 Å². The van der Waals surface area contributed by atoms with Crippen molar-refractivity contribution < 1.29 is 0 Å². The van der Waals surface area contributed by atoms with Crippen molar-refractivity contribution in [3.63, 3.8) is 0 Å². The van der Waals surface area contributed by atoms with Crippen molar-refractivity contribution in [2.75, 3.05) is 0 Å². The molecule has 0 aromatic carbocycles. The van der Waals surface area contributed by atoms with Gasteiger partial charge in [0, 0.05) is 4.53 Å². The van der Waals surface area contributed by atoms with Crippen molar-refractivity contribution in [1.29, 1.82) is 0 Å². The summed E-state index contributed by atoms with van der Waals surface area (Å²) in [7, 11) is 0. The summed E-state index contributed by atoms with van der Waals surface area (Å²) in [6.07, 6.45) is 7.21. The van der Waals surface area contributed by atoms with Crippen LogP contribution in [0.25, 0.3) is 12.2 Å². The highest BCUT2D eigenvalue weighted by Crippen LogP contribution is 2.11. The van der Waals surface area contributed by atoms with Crippen molar-refractivity contribution in [1.82, 2.24) is 0 Å². The van der Waals surface area contributed by atoms with E-state index in [0.717, 1.165) is 0 Å². The fourth-order valence-electron chi connectivity index (χ4n) is 1.66. The number of fused-ring (bicyclic) bond motifs is 1. The Morgan fingerprint density at radius 2 is 2.00 bits per heavy atom. The minimum atomic E-state index is 0.674. The van der Waals surface area contributed by atoms with Gasteiger partial charge in [0.2, 0.25) is 0 Å². The first-order chi connectivity index (χ1) is 5.79. The summed E-state index contributed by atoms with van der Waals surface area (Å²) in [4.78, 5) is 0. The van der Waals surface area contributed by atoms with E-state index in [0.29, 0.717) is 5.92 Å². The minimum absolute atomic E-state index is 0.674. The molecule has 0 unspecified atom stereocenters. The van der Waals surface area contributed by atoms with Crippen LogP contribution in [0.3, 0.4) is 0 Å². The van der Waals surface area contributed by atoms with Crippen LogP contribution in [0.4, 0.5) is 0 Å². The van der Waals surface area contributed by atoms with Crippen molar-refractivity contribution in [2.45, 2.75) is 32.6 Å². The second-order valence-electron chi connectivity index (χ2n) is 3.61. The maximum absolute atomic E-state index is 2.39. The van der Waals surface area contributed by atoms with E-state index in [4.69, 9.17) is 0 Å². The van der Waals surface area contributed by atoms with Gasteiger partial charge in [-0.3, -0.25) is 0 Å². The lowest BCUT2D eigenvalue weighted by Gasteiger charge is -2.02. The van der Waals surface area contributed by atoms with E-state index in [1.807, 2.05) is 11.3 Å². The molecule has 12 heavy (non-hydrogen) atoms. The van der Waals surface area contributed by atoms with Crippen molar-refractivity contribution >= 4 is 23.5 Å². The Bertz CT molecular complexity index is 382. The summed E-state index contributed by atoms with van der Waals surface area (Å²) < 4.78 is 1.49. The molecule has 1 aromatic rings. The second kappa shape index (κ2) is 3.06. The van der Waals surface area contributed by atoms with Gasteiger partial charge in [-0.2, -0.15) is 0 Å². The molecule has 0 fully saturated rings. The van der Waals surface area contributed by atoms with Crippen LogP contribution in [-0.4, -0.2) is 0 Å². The quantitative estimate of drug-likeness (QED) is 0.618. The number of rotatable bonds is 1. The molecule has 0 aliphatic heterocycles. The van der Waals surface area contributed by atoms with Crippen LogP contribution in [0.2, 0.25) is 0 Å². The average molecular weight is 178 g/mol. The molecular formula is C11H14S. The first-order valence-electron chi connectivity index (χ1n) is 4.57. The third-order valence-corrected chi connectivity index (χ3v) is 3.37. The molecule has 0 nitrogen and oxygen atoms in total. The molecule has 0 amide bonds. The molecule has 64 valence electrons. The van der Waals surface area contributed by atoms with Crippen LogP contribution >= 0.6 is 11.3 Å². The Kier molecular flexibility index (Phi) is 2.05. The van der Waals surface area contributed by atoms with Crippen LogP contribution in [0, 0.1) is 0 Å². The van der Waals surface area contributed by atoms with Crippen LogP contribution in [0.5, 0.6) is 0 Å². The van der Waals surface area contributed by atoms with Crippen molar-refractivity contribution in [3.8, 4) is 0 Å². The van der Waals surface area contributed by atoms with Gasteiger partial charge in [-0.25, -0.2) is 0 Å². The SMILES string of the molecule is CC(C)c1csc2c1=CCCC=2. The molecule has 0 radical (unpaired) electrons. The van der Waals surface area contributed by atoms with Gasteiger partial charge in [0.1, 0.15) is 0 Å². The van der Waals surface area contributed by atoms with Gasteiger partial charge < -0.3 is 0 Å². The molecule has 0 saturated carbocycles. The predicted molar refractivity (Wildman–Crippen MR) is 55.8 cm³/mol. The average Bonchev–Trinajstić information content (AvgIpc) is 2.47. The van der Waals surface area contributed by atoms with Gasteiger partial charge in [0.15, 0.2) is 0 Å². The third kappa shape index (κ3) is 1.22. The monoisotopic (exact) mass is 178 g/mol. The topological polar surface area (TPSA) is 0 Å². The zero-order valence-corrected chi connectivity index (χ0v) is 8.45. The maximum Gasteiger partial charge on any atom is 0.0302 e. The first-order valence-corrected chi connectivity index (χ1v) is 5.45. The lowest BCUT2D eigenvalue weighted by Crippen LogP contribution is -2.24. The Labute approximate surface area is 77.2 Å². The van der Waals surface area contributed by atoms with E-state index >= 15 is 0 Å². The lowest BCUT2D eigenvalue weighted by atomic mass is 10.0. The number of thiophene rings is 1. The Balaban J connectivity index is 2.68. The molecule has 0 atom stereocenters. The molecule has 1 heteroatoms. The smallest absolute Gasteiger partial charge is 0.0302 e. The van der Waals surface area contributed by atoms with Gasteiger partial charge in [-0.05, 0) is 34.9 Å². The largest absolute Gasteiger partial charge is 0.144 e. The second-order valence-corrected chi connectivity index (χ2v) is 4.52. The summed E-state index contributed by atoms with van der Waals surface area (Å²) in [6, 6.07) is 0. The van der Waals surface area contributed by atoms with Crippen LogP contribution in [0.1, 0.15) is 38.2 Å². The van der Waals surface area contributed by atoms with E-state index in [2.05, 4.69) is 31.4 Å². The molecule has 0 bridgehead atoms. The zero-order chi connectivity index (χ0) is 8.55. The molecular weight excluding hydrogens is 164 g/mol. The highest BCUT2D eigenvalue weighted by atomic mass is 32.1. The van der Waals surface area contributed by atoms with Crippen molar-refractivity contribution in [3.05, 3.63) is 20.7 Å². The summed E-state index contributed by atoms with van der Waals surface area (Å²) >= 11 is 1.89. The van der Waals surface area contributed by atoms with Crippen LogP contribution in [-0.2, 0) is 0 Å². The summed E-state index contributed by atoms with van der Waals surface area (Å²) in [5.74, 6) is 0.674. The van der Waals surface area contributed by atoms with Gasteiger partial charge >= 0.3 is 0 Å². The van der Waals surface area contributed by atoms with Crippen LogP contribution < -0.4 is 9.75 Å². The highest BCUT2D eigenvalue weighted by Gasteiger charge is 2.05. The van der Waals surface area contributed by atoms with Gasteiger partial charge in [0.25, 0.3) is 0 Å². The number of hydrogen-bond acceptors (Lipinski definition) is 1. The lowest BCUT2D eigenvalue weighted by molar-refractivity contribution is 0.862. The fraction of sp³-hybridized carbons (Fsp3) is 0.455. The number of hydrogen-bond donors (Lipinski definition) is 0. The summed E-state index contributed by atoms with van der Waals surface area (Å²) in [5, 5.41) is 3.83. The Morgan fingerprint density at radius 1 is 1.25 bits per heavy atom. The first kappa shape index (κ1) is 8.06. The summed E-state index contributed by atoms with van der Waals surface area (Å²) in [6.45, 7) is 4.54. The predicted octanol–water partition coefficient (Wildman–Crippen LogP) is 2.23. The molecule has 2 rings (SSSR count). The van der Waals surface area contributed by atoms with Gasteiger partial charge in [0.05, 0.1) is 0 Å². The normalized spacial score (nSPS) is 15.2. The summed E-state index contributed by atoms with van der Waals surface area (Å²) in [5.41, 5.74) is 1.53. The Morgan fingerprint density at radius 3 is 2.75 bits per heavy atom. The molecule has 0 spiro atoms. The fourth-order valence-corrected chi connectivity index (χ4v) is 2.86. The van der Waals surface area contributed by atoms with Crippen molar-refractivity contribution in [2.24, 2.45) is 0 Å². The molecule has 0 N–H and O–H groups in total. The van der Waals surface area contributed by atoms with E-state index in [1.54, 1.807) is 0 Å². The van der Waals surface area contributed by atoms with E-state index in [-0.39, 0.29) is 0 Å². The molecule has 1 aromatic heterocycles. The Hall–Kier alpha value is -0.560. The van der Waals surface area contributed by atoms with E-state index in [9.17, 15) is 0 Å². The minimum Gasteiger partial charge on any atom is -0.144 e. The van der Waals surface area contributed by atoms with E-state index in [1.165, 1.54) is 28.2 Å². The van der Waals surface area contributed by atoms with Gasteiger partial charge in [-0.15, -0.1) is 11.3 Å². The molecule has 1 aliphatic rings. The standard InChI is InChI=1S/C11H14S/c1-8(2)10-7-12-11-6-4-3-5-9(10)11/h5-8H,3-4H2,1-2H3. The van der Waals surface area contributed by atoms with Gasteiger partial charge in [-0.1, -0.05) is 26.0 Å².